The minimum Gasteiger partial charge on any atom is -0.481 e. The number of carbonyl (C=O) groups excluding carboxylic acids is 1. The van der Waals surface area contributed by atoms with Crippen LogP contribution < -0.4 is 5.32 Å². The molecule has 0 aliphatic carbocycles. The molecule has 3 atom stereocenters. The molecule has 28 heavy (non-hydrogen) atoms. The number of aromatic nitrogens is 4. The fourth-order valence-electron chi connectivity index (χ4n) is 4.23. The third-order valence-corrected chi connectivity index (χ3v) is 5.72. The van der Waals surface area contributed by atoms with Gasteiger partial charge in [-0.25, -0.2) is 4.68 Å². The summed E-state index contributed by atoms with van der Waals surface area (Å²) in [5.41, 5.74) is 0.415. The summed E-state index contributed by atoms with van der Waals surface area (Å²) in [4.78, 5) is 34.8. The Morgan fingerprint density at radius 3 is 2.89 bits per heavy atom. The van der Waals surface area contributed by atoms with Gasteiger partial charge in [0.05, 0.1) is 18.0 Å². The molecule has 0 radical (unpaired) electrons. The largest absolute Gasteiger partial charge is 0.481 e. The average molecular weight is 384 g/mol. The number of piperidine rings is 1. The average Bonchev–Trinajstić information content (AvgIpc) is 3.09. The van der Waals surface area contributed by atoms with Crippen LogP contribution in [0, 0.1) is 5.92 Å². The van der Waals surface area contributed by atoms with Crippen LogP contribution in [0.2, 0.25) is 0 Å². The summed E-state index contributed by atoms with van der Waals surface area (Å²) >= 11 is 0. The molecule has 1 amide bonds. The Bertz CT molecular complexity index is 868. The number of carbonyl (C=O) groups is 2. The fraction of sp³-hybridized carbons (Fsp3) is 0.526. The number of nitrogens with one attached hydrogen (secondary N) is 1. The molecule has 4 rings (SSSR count). The van der Waals surface area contributed by atoms with Crippen molar-refractivity contribution in [2.45, 2.75) is 51.2 Å². The monoisotopic (exact) mass is 384 g/mol. The molecule has 1 saturated heterocycles. The first-order valence-corrected chi connectivity index (χ1v) is 9.66. The number of carboxylic acids is 1. The Hall–Kier alpha value is -2.81. The van der Waals surface area contributed by atoms with Crippen molar-refractivity contribution in [3.63, 3.8) is 0 Å². The minimum atomic E-state index is -0.807. The van der Waals surface area contributed by atoms with E-state index in [2.05, 4.69) is 32.2 Å². The lowest BCUT2D eigenvalue weighted by atomic mass is 9.88. The predicted octanol–water partition coefficient (Wildman–Crippen LogP) is 1.43. The van der Waals surface area contributed by atoms with Crippen molar-refractivity contribution in [3.05, 3.63) is 35.9 Å². The summed E-state index contributed by atoms with van der Waals surface area (Å²) in [6, 6.07) is 3.58. The number of pyridine rings is 1. The van der Waals surface area contributed by atoms with Crippen LogP contribution in [0.3, 0.4) is 0 Å². The van der Waals surface area contributed by atoms with E-state index in [0.717, 1.165) is 19.4 Å². The van der Waals surface area contributed by atoms with Crippen molar-refractivity contribution >= 4 is 17.8 Å². The van der Waals surface area contributed by atoms with Crippen molar-refractivity contribution < 1.29 is 14.7 Å². The molecular weight excluding hydrogens is 360 g/mol. The molecule has 148 valence electrons. The number of aliphatic carboxylic acids is 1. The summed E-state index contributed by atoms with van der Waals surface area (Å²) in [5, 5.41) is 16.9. The highest BCUT2D eigenvalue weighted by Crippen LogP contribution is 2.29. The number of rotatable bonds is 4. The van der Waals surface area contributed by atoms with Crippen molar-refractivity contribution in [1.82, 2.24) is 24.6 Å². The predicted molar refractivity (Wildman–Crippen MR) is 101 cm³/mol. The lowest BCUT2D eigenvalue weighted by molar-refractivity contribution is -0.146. The first-order chi connectivity index (χ1) is 13.5. The molecule has 2 N–H and O–H groups in total. The number of hydrogen-bond donors (Lipinski definition) is 2. The SMILES string of the molecule is CC1CCCCN1C1Cn2nc(NC(=O)c3cccnc3)nc2CC1C(=O)O. The van der Waals surface area contributed by atoms with Crippen LogP contribution in [0.25, 0.3) is 0 Å². The summed E-state index contributed by atoms with van der Waals surface area (Å²) in [7, 11) is 0. The number of hydrogen-bond acceptors (Lipinski definition) is 6. The van der Waals surface area contributed by atoms with Crippen LogP contribution >= 0.6 is 0 Å². The van der Waals surface area contributed by atoms with E-state index in [-0.39, 0.29) is 17.9 Å². The van der Waals surface area contributed by atoms with Gasteiger partial charge in [-0.05, 0) is 38.4 Å². The smallest absolute Gasteiger partial charge is 0.308 e. The Kier molecular flexibility index (Phi) is 5.08. The van der Waals surface area contributed by atoms with E-state index in [1.165, 1.54) is 12.6 Å². The quantitative estimate of drug-likeness (QED) is 0.820. The fourth-order valence-corrected chi connectivity index (χ4v) is 4.23. The molecule has 2 aliphatic heterocycles. The third-order valence-electron chi connectivity index (χ3n) is 5.72. The van der Waals surface area contributed by atoms with Crippen LogP contribution in [0.1, 0.15) is 42.4 Å². The normalized spacial score (nSPS) is 25.1. The highest BCUT2D eigenvalue weighted by molar-refractivity contribution is 6.03. The second kappa shape index (κ2) is 7.67. The van der Waals surface area contributed by atoms with E-state index in [0.29, 0.717) is 30.4 Å². The maximum Gasteiger partial charge on any atom is 0.308 e. The van der Waals surface area contributed by atoms with Crippen molar-refractivity contribution in [2.24, 2.45) is 5.92 Å². The summed E-state index contributed by atoms with van der Waals surface area (Å²) in [6.07, 6.45) is 6.72. The molecule has 9 heteroatoms. The Morgan fingerprint density at radius 1 is 1.32 bits per heavy atom. The maximum atomic E-state index is 12.3. The number of likely N-dealkylation sites (tertiary alicyclic amines) is 1. The van der Waals surface area contributed by atoms with E-state index in [9.17, 15) is 14.7 Å². The van der Waals surface area contributed by atoms with Crippen LogP contribution in [0.4, 0.5) is 5.95 Å². The lowest BCUT2D eigenvalue weighted by Gasteiger charge is -2.43. The van der Waals surface area contributed by atoms with Gasteiger partial charge in [0, 0.05) is 30.9 Å². The van der Waals surface area contributed by atoms with Crippen LogP contribution in [-0.4, -0.2) is 60.3 Å². The molecule has 2 aromatic rings. The zero-order valence-electron chi connectivity index (χ0n) is 15.8. The van der Waals surface area contributed by atoms with Gasteiger partial charge in [0.1, 0.15) is 5.82 Å². The van der Waals surface area contributed by atoms with Gasteiger partial charge in [0.2, 0.25) is 5.95 Å². The van der Waals surface area contributed by atoms with E-state index < -0.39 is 11.9 Å². The van der Waals surface area contributed by atoms with E-state index in [1.807, 2.05) is 0 Å². The molecule has 1 fully saturated rings. The third kappa shape index (κ3) is 3.62. The molecule has 3 unspecified atom stereocenters. The first-order valence-electron chi connectivity index (χ1n) is 9.66. The molecule has 0 aromatic carbocycles. The molecule has 0 spiro atoms. The van der Waals surface area contributed by atoms with E-state index in [4.69, 9.17) is 0 Å². The van der Waals surface area contributed by atoms with Gasteiger partial charge in [-0.15, -0.1) is 5.10 Å². The van der Waals surface area contributed by atoms with E-state index in [1.54, 1.807) is 23.0 Å². The molecule has 9 nitrogen and oxygen atoms in total. The molecule has 0 saturated carbocycles. The summed E-state index contributed by atoms with van der Waals surface area (Å²) < 4.78 is 1.74. The standard InChI is InChI=1S/C19H24N6O3/c1-12-5-2-3-8-24(12)15-11-25-16(9-14(15)18(27)28)21-19(23-25)22-17(26)13-6-4-7-20-10-13/h4,6-7,10,12,14-15H,2-3,5,8-9,11H2,1H3,(H,27,28)(H,22,23,26). The maximum absolute atomic E-state index is 12.3. The first kappa shape index (κ1) is 18.5. The van der Waals surface area contributed by atoms with Gasteiger partial charge < -0.3 is 5.11 Å². The van der Waals surface area contributed by atoms with E-state index >= 15 is 0 Å². The van der Waals surface area contributed by atoms with Crippen LogP contribution in [0.5, 0.6) is 0 Å². The second-order valence-corrected chi connectivity index (χ2v) is 7.53. The van der Waals surface area contributed by atoms with Crippen molar-refractivity contribution in [1.29, 1.82) is 0 Å². The number of carboxylic acid groups (broad SMARTS) is 1. The highest BCUT2D eigenvalue weighted by Gasteiger charge is 2.41. The molecule has 2 aromatic heterocycles. The van der Waals surface area contributed by atoms with Gasteiger partial charge in [0.15, 0.2) is 0 Å². The zero-order chi connectivity index (χ0) is 19.7. The molecule has 4 heterocycles. The number of anilines is 1. The van der Waals surface area contributed by atoms with Gasteiger partial charge >= 0.3 is 5.97 Å². The van der Waals surface area contributed by atoms with Crippen molar-refractivity contribution in [2.75, 3.05) is 11.9 Å². The number of fused-ring (bicyclic) bond motifs is 1. The highest BCUT2D eigenvalue weighted by atomic mass is 16.4. The van der Waals surface area contributed by atoms with Gasteiger partial charge in [-0.2, -0.15) is 4.98 Å². The second-order valence-electron chi connectivity index (χ2n) is 7.53. The van der Waals surface area contributed by atoms with Crippen LogP contribution in [0.15, 0.2) is 24.5 Å². The summed E-state index contributed by atoms with van der Waals surface area (Å²) in [6.45, 7) is 3.53. The topological polar surface area (TPSA) is 113 Å². The lowest BCUT2D eigenvalue weighted by Crippen LogP contribution is -2.54. The van der Waals surface area contributed by atoms with Gasteiger partial charge in [0.25, 0.3) is 5.91 Å². The van der Waals surface area contributed by atoms with Gasteiger partial charge in [-0.1, -0.05) is 6.42 Å². The molecule has 2 aliphatic rings. The Labute approximate surface area is 162 Å². The Balaban J connectivity index is 1.55. The molecular formula is C19H24N6O3. The Morgan fingerprint density at radius 2 is 2.18 bits per heavy atom. The number of nitrogens with zero attached hydrogens (tertiary/aromatic N) is 5. The number of amides is 1. The van der Waals surface area contributed by atoms with Crippen molar-refractivity contribution in [3.8, 4) is 0 Å². The van der Waals surface area contributed by atoms with Gasteiger partial charge in [-0.3, -0.25) is 24.8 Å². The van der Waals surface area contributed by atoms with Crippen LogP contribution in [-0.2, 0) is 17.8 Å². The summed E-state index contributed by atoms with van der Waals surface area (Å²) in [5.74, 6) is -0.890. The minimum absolute atomic E-state index is 0.121. The zero-order valence-corrected chi connectivity index (χ0v) is 15.8. The molecule has 0 bridgehead atoms.